The van der Waals surface area contributed by atoms with Crippen LogP contribution in [0.25, 0.3) is 0 Å². The Hall–Kier alpha value is -2.08. The van der Waals surface area contributed by atoms with Crippen molar-refractivity contribution in [2.24, 2.45) is 5.84 Å². The smallest absolute Gasteiger partial charge is 0.239 e. The molecular weight excluding hydrogens is 230 g/mol. The molecule has 18 heavy (non-hydrogen) atoms. The summed E-state index contributed by atoms with van der Waals surface area (Å²) in [6.45, 7) is 5.47. The van der Waals surface area contributed by atoms with E-state index in [1.165, 1.54) is 0 Å². The van der Waals surface area contributed by atoms with Crippen molar-refractivity contribution in [1.82, 2.24) is 9.97 Å². The van der Waals surface area contributed by atoms with Gasteiger partial charge in [0.1, 0.15) is 11.6 Å². The highest BCUT2D eigenvalue weighted by atomic mass is 16.3. The third-order valence-electron chi connectivity index (χ3n) is 2.60. The second-order valence-electron chi connectivity index (χ2n) is 3.93. The zero-order valence-electron chi connectivity index (χ0n) is 10.6. The number of nitrogens with two attached hydrogens (primary N) is 1. The van der Waals surface area contributed by atoms with Gasteiger partial charge in [0.15, 0.2) is 0 Å². The fraction of sp³-hybridized carbons (Fsp3) is 0.333. The topological polar surface area (TPSA) is 80.2 Å². The summed E-state index contributed by atoms with van der Waals surface area (Å²) in [6, 6.07) is 5.74. The minimum absolute atomic E-state index is 0.419. The molecule has 0 unspecified atom stereocenters. The highest BCUT2D eigenvalue weighted by molar-refractivity contribution is 5.44. The van der Waals surface area contributed by atoms with E-state index < -0.39 is 0 Å². The number of hydrazine groups is 1. The molecule has 0 bridgehead atoms. The molecule has 6 heteroatoms. The van der Waals surface area contributed by atoms with E-state index in [4.69, 9.17) is 10.3 Å². The van der Waals surface area contributed by atoms with Gasteiger partial charge in [-0.25, -0.2) is 10.8 Å². The molecule has 0 saturated heterocycles. The first-order valence-corrected chi connectivity index (χ1v) is 5.82. The van der Waals surface area contributed by atoms with Crippen LogP contribution < -0.4 is 16.2 Å². The molecule has 0 spiro atoms. The van der Waals surface area contributed by atoms with E-state index in [1.807, 2.05) is 25.1 Å². The molecule has 0 aliphatic rings. The van der Waals surface area contributed by atoms with Crippen molar-refractivity contribution in [3.63, 3.8) is 0 Å². The zero-order chi connectivity index (χ0) is 13.0. The second kappa shape index (κ2) is 5.50. The van der Waals surface area contributed by atoms with Crippen LogP contribution in [0.3, 0.4) is 0 Å². The van der Waals surface area contributed by atoms with Crippen LogP contribution in [-0.4, -0.2) is 16.5 Å². The number of hydrogen-bond acceptors (Lipinski definition) is 6. The van der Waals surface area contributed by atoms with Crippen molar-refractivity contribution in [2.45, 2.75) is 20.4 Å². The fourth-order valence-electron chi connectivity index (χ4n) is 1.72. The summed E-state index contributed by atoms with van der Waals surface area (Å²) >= 11 is 0. The van der Waals surface area contributed by atoms with Gasteiger partial charge in [0.25, 0.3) is 0 Å². The van der Waals surface area contributed by atoms with E-state index in [9.17, 15) is 0 Å². The van der Waals surface area contributed by atoms with Crippen molar-refractivity contribution < 1.29 is 4.42 Å². The van der Waals surface area contributed by atoms with E-state index in [-0.39, 0.29) is 0 Å². The molecule has 0 fully saturated rings. The third-order valence-corrected chi connectivity index (χ3v) is 2.60. The SMILES string of the molecule is CCN(Cc1ccco1)c1cc(C)nc(NN)n1. The van der Waals surface area contributed by atoms with Gasteiger partial charge in [-0.2, -0.15) is 4.98 Å². The number of aryl methyl sites for hydroxylation is 1. The summed E-state index contributed by atoms with van der Waals surface area (Å²) in [4.78, 5) is 10.6. The van der Waals surface area contributed by atoms with Crippen molar-refractivity contribution in [1.29, 1.82) is 0 Å². The lowest BCUT2D eigenvalue weighted by Gasteiger charge is -2.21. The summed E-state index contributed by atoms with van der Waals surface area (Å²) in [7, 11) is 0. The predicted molar refractivity (Wildman–Crippen MR) is 70.0 cm³/mol. The summed E-state index contributed by atoms with van der Waals surface area (Å²) in [5.74, 6) is 7.50. The molecule has 2 heterocycles. The van der Waals surface area contributed by atoms with Crippen molar-refractivity contribution in [3.05, 3.63) is 35.9 Å². The maximum atomic E-state index is 5.35. The molecule has 3 N–H and O–H groups in total. The van der Waals surface area contributed by atoms with E-state index >= 15 is 0 Å². The van der Waals surface area contributed by atoms with Crippen LogP contribution in [0.5, 0.6) is 0 Å². The average Bonchev–Trinajstić information content (AvgIpc) is 2.88. The molecule has 0 aliphatic heterocycles. The molecular formula is C12H17N5O. The van der Waals surface area contributed by atoms with Gasteiger partial charge in [0, 0.05) is 18.3 Å². The van der Waals surface area contributed by atoms with Gasteiger partial charge >= 0.3 is 0 Å². The lowest BCUT2D eigenvalue weighted by Crippen LogP contribution is -2.24. The maximum absolute atomic E-state index is 5.35. The number of rotatable bonds is 5. The summed E-state index contributed by atoms with van der Waals surface area (Å²) in [6.07, 6.45) is 1.67. The standard InChI is InChI=1S/C12H17N5O/c1-3-17(8-10-5-4-6-18-10)11-7-9(2)14-12(15-11)16-13/h4-7H,3,8,13H2,1-2H3,(H,14,15,16). The number of aromatic nitrogens is 2. The molecule has 0 saturated carbocycles. The van der Waals surface area contributed by atoms with Crippen molar-refractivity contribution >= 4 is 11.8 Å². The minimum atomic E-state index is 0.419. The molecule has 2 rings (SSSR count). The fourth-order valence-corrected chi connectivity index (χ4v) is 1.72. The number of furan rings is 1. The Morgan fingerprint density at radius 1 is 1.44 bits per heavy atom. The van der Waals surface area contributed by atoms with E-state index in [0.29, 0.717) is 12.5 Å². The van der Waals surface area contributed by atoms with Gasteiger partial charge in [-0.3, -0.25) is 5.43 Å². The first-order chi connectivity index (χ1) is 8.72. The maximum Gasteiger partial charge on any atom is 0.239 e. The number of nitrogen functional groups attached to an aromatic ring is 1. The first-order valence-electron chi connectivity index (χ1n) is 5.82. The van der Waals surface area contributed by atoms with Gasteiger partial charge in [0.05, 0.1) is 12.8 Å². The molecule has 96 valence electrons. The van der Waals surface area contributed by atoms with Crippen molar-refractivity contribution in [3.8, 4) is 0 Å². The van der Waals surface area contributed by atoms with Gasteiger partial charge in [-0.1, -0.05) is 0 Å². The monoisotopic (exact) mass is 247 g/mol. The summed E-state index contributed by atoms with van der Waals surface area (Å²) < 4.78 is 5.35. The minimum Gasteiger partial charge on any atom is -0.467 e. The van der Waals surface area contributed by atoms with Crippen LogP contribution in [0.1, 0.15) is 18.4 Å². The van der Waals surface area contributed by atoms with Gasteiger partial charge in [-0.05, 0) is 26.0 Å². The van der Waals surface area contributed by atoms with Gasteiger partial charge < -0.3 is 9.32 Å². The predicted octanol–water partition coefficient (Wildman–Crippen LogP) is 1.69. The lowest BCUT2D eigenvalue weighted by molar-refractivity contribution is 0.503. The summed E-state index contributed by atoms with van der Waals surface area (Å²) in [5, 5.41) is 0. The Bertz CT molecular complexity index is 497. The van der Waals surface area contributed by atoms with Gasteiger partial charge in [0.2, 0.25) is 5.95 Å². The first kappa shape index (κ1) is 12.4. The van der Waals surface area contributed by atoms with Crippen LogP contribution >= 0.6 is 0 Å². The number of nitrogens with zero attached hydrogens (tertiary/aromatic N) is 3. The lowest BCUT2D eigenvalue weighted by atomic mass is 10.3. The van der Waals surface area contributed by atoms with Crippen LogP contribution in [0.15, 0.2) is 28.9 Å². The van der Waals surface area contributed by atoms with Crippen LogP contribution in [0.4, 0.5) is 11.8 Å². The molecule has 0 amide bonds. The zero-order valence-corrected chi connectivity index (χ0v) is 10.6. The highest BCUT2D eigenvalue weighted by Crippen LogP contribution is 2.17. The second-order valence-corrected chi connectivity index (χ2v) is 3.93. The molecule has 0 aliphatic carbocycles. The van der Waals surface area contributed by atoms with Crippen LogP contribution in [0, 0.1) is 6.92 Å². The van der Waals surface area contributed by atoms with E-state index in [0.717, 1.165) is 23.8 Å². The molecule has 2 aromatic heterocycles. The molecule has 6 nitrogen and oxygen atoms in total. The normalized spacial score (nSPS) is 10.4. The third kappa shape index (κ3) is 2.78. The quantitative estimate of drug-likeness (QED) is 0.618. The Labute approximate surface area is 106 Å². The molecule has 0 atom stereocenters. The Balaban J connectivity index is 2.24. The number of nitrogens with one attached hydrogen (secondary N) is 1. The average molecular weight is 247 g/mol. The van der Waals surface area contributed by atoms with Crippen molar-refractivity contribution in [2.75, 3.05) is 16.9 Å². The summed E-state index contributed by atoms with van der Waals surface area (Å²) in [5.41, 5.74) is 3.34. The number of anilines is 2. The highest BCUT2D eigenvalue weighted by Gasteiger charge is 2.10. The van der Waals surface area contributed by atoms with Crippen LogP contribution in [-0.2, 0) is 6.54 Å². The largest absolute Gasteiger partial charge is 0.467 e. The number of hydrogen-bond donors (Lipinski definition) is 2. The Morgan fingerprint density at radius 3 is 2.89 bits per heavy atom. The molecule has 0 radical (unpaired) electrons. The van der Waals surface area contributed by atoms with E-state index in [1.54, 1.807) is 6.26 Å². The van der Waals surface area contributed by atoms with Crippen LogP contribution in [0.2, 0.25) is 0 Å². The Morgan fingerprint density at radius 2 is 2.28 bits per heavy atom. The molecule has 0 aromatic carbocycles. The Kier molecular flexibility index (Phi) is 3.78. The molecule has 2 aromatic rings. The van der Waals surface area contributed by atoms with E-state index in [2.05, 4.69) is 27.2 Å². The van der Waals surface area contributed by atoms with Gasteiger partial charge in [-0.15, -0.1) is 0 Å².